The van der Waals surface area contributed by atoms with Crippen LogP contribution in [0.15, 0.2) is 0 Å². The third-order valence-corrected chi connectivity index (χ3v) is 3.05. The molecular formula is C10H20N2O2. The molecule has 0 aromatic heterocycles. The lowest BCUT2D eigenvalue weighted by Gasteiger charge is -2.33. The van der Waals surface area contributed by atoms with Crippen LogP contribution in [0.5, 0.6) is 0 Å². The molecule has 82 valence electrons. The van der Waals surface area contributed by atoms with E-state index >= 15 is 0 Å². The highest BCUT2D eigenvalue weighted by Crippen LogP contribution is 2.14. The number of aliphatic hydroxyl groups is 1. The Morgan fingerprint density at radius 2 is 2.36 bits per heavy atom. The van der Waals surface area contributed by atoms with Gasteiger partial charge in [0, 0.05) is 38.8 Å². The molecule has 2 unspecified atom stereocenters. The molecule has 0 aromatic rings. The van der Waals surface area contributed by atoms with Crippen molar-refractivity contribution in [3.63, 3.8) is 0 Å². The minimum atomic E-state index is -0.223. The summed E-state index contributed by atoms with van der Waals surface area (Å²) in [5.74, 6) is 0. The maximum Gasteiger partial charge on any atom is 0.0791 e. The van der Waals surface area contributed by atoms with Gasteiger partial charge in [-0.3, -0.25) is 4.90 Å². The Balaban J connectivity index is 1.87. The molecule has 2 heterocycles. The van der Waals surface area contributed by atoms with Gasteiger partial charge in [0.25, 0.3) is 0 Å². The summed E-state index contributed by atoms with van der Waals surface area (Å²) in [6, 6.07) is 0.526. The van der Waals surface area contributed by atoms with E-state index < -0.39 is 0 Å². The summed E-state index contributed by atoms with van der Waals surface area (Å²) in [5, 5.41) is 12.9. The Kier molecular flexibility index (Phi) is 3.75. The average Bonchev–Trinajstić information content (AvgIpc) is 2.44. The summed E-state index contributed by atoms with van der Waals surface area (Å²) < 4.78 is 5.47. The molecule has 2 aliphatic rings. The second-order valence-corrected chi connectivity index (χ2v) is 4.22. The van der Waals surface area contributed by atoms with E-state index in [2.05, 4.69) is 10.2 Å². The molecule has 0 aliphatic carbocycles. The summed E-state index contributed by atoms with van der Waals surface area (Å²) in [4.78, 5) is 2.36. The van der Waals surface area contributed by atoms with Crippen LogP contribution in [-0.2, 0) is 4.74 Å². The van der Waals surface area contributed by atoms with E-state index in [0.29, 0.717) is 6.04 Å². The van der Waals surface area contributed by atoms with Crippen molar-refractivity contribution in [1.29, 1.82) is 0 Å². The van der Waals surface area contributed by atoms with E-state index in [1.54, 1.807) is 0 Å². The van der Waals surface area contributed by atoms with E-state index in [1.165, 1.54) is 6.42 Å². The maximum absolute atomic E-state index is 9.65. The van der Waals surface area contributed by atoms with Crippen molar-refractivity contribution in [1.82, 2.24) is 10.2 Å². The fourth-order valence-electron chi connectivity index (χ4n) is 2.26. The van der Waals surface area contributed by atoms with Crippen LogP contribution < -0.4 is 5.32 Å². The molecule has 4 heteroatoms. The van der Waals surface area contributed by atoms with Gasteiger partial charge in [-0.25, -0.2) is 0 Å². The van der Waals surface area contributed by atoms with Crippen molar-refractivity contribution in [2.75, 3.05) is 39.4 Å². The third-order valence-electron chi connectivity index (χ3n) is 3.05. The van der Waals surface area contributed by atoms with Crippen molar-refractivity contribution in [2.45, 2.75) is 25.0 Å². The number of rotatable bonds is 1. The Morgan fingerprint density at radius 1 is 1.43 bits per heavy atom. The van der Waals surface area contributed by atoms with Crippen LogP contribution in [0.25, 0.3) is 0 Å². The number of nitrogens with one attached hydrogen (secondary N) is 1. The number of ether oxygens (including phenoxy) is 1. The van der Waals surface area contributed by atoms with E-state index in [-0.39, 0.29) is 6.10 Å². The van der Waals surface area contributed by atoms with Crippen molar-refractivity contribution >= 4 is 0 Å². The van der Waals surface area contributed by atoms with Crippen molar-refractivity contribution < 1.29 is 9.84 Å². The van der Waals surface area contributed by atoms with Crippen LogP contribution >= 0.6 is 0 Å². The Bertz CT molecular complexity index is 172. The smallest absolute Gasteiger partial charge is 0.0791 e. The topological polar surface area (TPSA) is 44.7 Å². The van der Waals surface area contributed by atoms with Crippen LogP contribution in [0.3, 0.4) is 0 Å². The molecule has 2 saturated heterocycles. The number of hydrogen-bond acceptors (Lipinski definition) is 4. The second kappa shape index (κ2) is 5.07. The van der Waals surface area contributed by atoms with E-state index in [1.807, 2.05) is 0 Å². The van der Waals surface area contributed by atoms with Crippen LogP contribution in [0.1, 0.15) is 12.8 Å². The average molecular weight is 200 g/mol. The Morgan fingerprint density at radius 3 is 3.14 bits per heavy atom. The van der Waals surface area contributed by atoms with E-state index in [9.17, 15) is 5.11 Å². The SMILES string of the molecule is OC1CNCCN(C2CCCOC2)C1. The van der Waals surface area contributed by atoms with Gasteiger partial charge < -0.3 is 15.2 Å². The van der Waals surface area contributed by atoms with Crippen LogP contribution in [0.2, 0.25) is 0 Å². The maximum atomic E-state index is 9.65. The minimum Gasteiger partial charge on any atom is -0.390 e. The predicted molar refractivity (Wildman–Crippen MR) is 54.3 cm³/mol. The largest absolute Gasteiger partial charge is 0.390 e. The Labute approximate surface area is 85.2 Å². The summed E-state index contributed by atoms with van der Waals surface area (Å²) >= 11 is 0. The normalized spacial score (nSPS) is 36.6. The molecule has 0 amide bonds. The van der Waals surface area contributed by atoms with E-state index in [4.69, 9.17) is 4.74 Å². The predicted octanol–water partition coefficient (Wildman–Crippen LogP) is -0.568. The fourth-order valence-corrected chi connectivity index (χ4v) is 2.26. The molecule has 0 spiro atoms. The van der Waals surface area contributed by atoms with Gasteiger partial charge in [0.05, 0.1) is 12.7 Å². The number of aliphatic hydroxyl groups excluding tert-OH is 1. The van der Waals surface area contributed by atoms with Crippen molar-refractivity contribution in [2.24, 2.45) is 0 Å². The standard InChI is InChI=1S/C10H20N2O2/c13-10-6-11-3-4-12(7-10)9-2-1-5-14-8-9/h9-11,13H,1-8H2. The van der Waals surface area contributed by atoms with Gasteiger partial charge in [-0.05, 0) is 12.8 Å². The monoisotopic (exact) mass is 200 g/mol. The molecule has 0 aromatic carbocycles. The summed E-state index contributed by atoms with van der Waals surface area (Å²) in [6.07, 6.45) is 2.15. The van der Waals surface area contributed by atoms with Gasteiger partial charge in [0.15, 0.2) is 0 Å². The zero-order valence-electron chi connectivity index (χ0n) is 8.61. The molecule has 2 rings (SSSR count). The molecule has 0 bridgehead atoms. The molecule has 2 atom stereocenters. The molecule has 4 nitrogen and oxygen atoms in total. The molecule has 0 radical (unpaired) electrons. The van der Waals surface area contributed by atoms with Gasteiger partial charge in [-0.2, -0.15) is 0 Å². The number of β-amino-alcohol motifs (C(OH)–C–C–N with tert-alkyl or cyclic N) is 1. The van der Waals surface area contributed by atoms with E-state index in [0.717, 1.165) is 45.8 Å². The molecular weight excluding hydrogens is 180 g/mol. The van der Waals surface area contributed by atoms with Crippen LogP contribution in [0.4, 0.5) is 0 Å². The van der Waals surface area contributed by atoms with Gasteiger partial charge >= 0.3 is 0 Å². The minimum absolute atomic E-state index is 0.223. The third kappa shape index (κ3) is 2.67. The molecule has 2 N–H and O–H groups in total. The summed E-state index contributed by atoms with van der Waals surface area (Å²) in [6.45, 7) is 5.28. The number of hydrogen-bond donors (Lipinski definition) is 2. The van der Waals surface area contributed by atoms with Gasteiger partial charge in [-0.1, -0.05) is 0 Å². The zero-order chi connectivity index (χ0) is 9.80. The van der Waals surface area contributed by atoms with Crippen LogP contribution in [-0.4, -0.2) is 61.5 Å². The lowest BCUT2D eigenvalue weighted by Crippen LogP contribution is -2.45. The first kappa shape index (κ1) is 10.4. The highest BCUT2D eigenvalue weighted by molar-refractivity contribution is 4.80. The first-order chi connectivity index (χ1) is 6.86. The molecule has 2 aliphatic heterocycles. The van der Waals surface area contributed by atoms with Crippen molar-refractivity contribution in [3.8, 4) is 0 Å². The highest BCUT2D eigenvalue weighted by Gasteiger charge is 2.24. The summed E-state index contributed by atoms with van der Waals surface area (Å²) in [5.41, 5.74) is 0. The highest BCUT2D eigenvalue weighted by atomic mass is 16.5. The van der Waals surface area contributed by atoms with Gasteiger partial charge in [0.2, 0.25) is 0 Å². The zero-order valence-corrected chi connectivity index (χ0v) is 8.61. The lowest BCUT2D eigenvalue weighted by atomic mass is 10.1. The fraction of sp³-hybridized carbons (Fsp3) is 1.00. The molecule has 0 saturated carbocycles. The summed E-state index contributed by atoms with van der Waals surface area (Å²) in [7, 11) is 0. The first-order valence-electron chi connectivity index (χ1n) is 5.57. The van der Waals surface area contributed by atoms with Crippen molar-refractivity contribution in [3.05, 3.63) is 0 Å². The first-order valence-corrected chi connectivity index (χ1v) is 5.57. The lowest BCUT2D eigenvalue weighted by molar-refractivity contribution is 0.00671. The van der Waals surface area contributed by atoms with Gasteiger partial charge in [-0.15, -0.1) is 0 Å². The molecule has 2 fully saturated rings. The van der Waals surface area contributed by atoms with Gasteiger partial charge in [0.1, 0.15) is 0 Å². The quantitative estimate of drug-likeness (QED) is 0.595. The number of nitrogens with zero attached hydrogens (tertiary/aromatic N) is 1. The Hall–Kier alpha value is -0.160. The second-order valence-electron chi connectivity index (χ2n) is 4.22. The van der Waals surface area contributed by atoms with Crippen LogP contribution in [0, 0.1) is 0 Å². The molecule has 14 heavy (non-hydrogen) atoms.